The first-order chi connectivity index (χ1) is 10.4. The van der Waals surface area contributed by atoms with E-state index in [1.165, 1.54) is 6.07 Å². The van der Waals surface area contributed by atoms with E-state index < -0.39 is 29.4 Å². The van der Waals surface area contributed by atoms with Crippen LogP contribution >= 0.6 is 0 Å². The normalized spacial score (nSPS) is 13.5. The van der Waals surface area contributed by atoms with E-state index in [4.69, 9.17) is 13.7 Å². The molecule has 2 aromatic carbocycles. The van der Waals surface area contributed by atoms with Crippen LogP contribution in [0.5, 0.6) is 5.75 Å². The van der Waals surface area contributed by atoms with Crippen molar-refractivity contribution < 1.29 is 16.3 Å². The third-order valence-electron chi connectivity index (χ3n) is 3.23. The highest BCUT2D eigenvalue weighted by molar-refractivity contribution is 5.96. The zero-order valence-corrected chi connectivity index (χ0v) is 11.9. The molecule has 0 spiro atoms. The Balaban J connectivity index is 3.01. The Morgan fingerprint density at radius 3 is 2.57 bits per heavy atom. The smallest absolute Gasteiger partial charge is 0.228 e. The summed E-state index contributed by atoms with van der Waals surface area (Å²) in [5, 5.41) is 9.74. The van der Waals surface area contributed by atoms with Crippen LogP contribution in [0.1, 0.15) is 34.6 Å². The predicted octanol–water partition coefficient (Wildman–Crippen LogP) is 4.04. The van der Waals surface area contributed by atoms with Crippen LogP contribution in [0.2, 0.25) is 0 Å². The Hall–Kier alpha value is -2.35. The number of nitrogens with zero attached hydrogens (tertiary/aromatic N) is 1. The quantitative estimate of drug-likeness (QED) is 0.850. The molecule has 2 rings (SSSR count). The maximum atomic E-state index is 14.1. The molecule has 0 unspecified atom stereocenters. The lowest BCUT2D eigenvalue weighted by Crippen LogP contribution is -2.13. The number of rotatable bonds is 2. The molecule has 0 saturated carbocycles. The zero-order chi connectivity index (χ0) is 17.6. The topological polar surface area (TPSA) is 59.0 Å². The Morgan fingerprint density at radius 1 is 1.38 bits per heavy atom. The molecule has 5 heteroatoms. The van der Waals surface area contributed by atoms with Crippen LogP contribution in [0.4, 0.5) is 14.5 Å². The summed E-state index contributed by atoms with van der Waals surface area (Å²) in [5.74, 6) is -1.38. The van der Waals surface area contributed by atoms with Gasteiger partial charge in [-0.25, -0.2) is 8.78 Å². The molecule has 0 aromatic heterocycles. The van der Waals surface area contributed by atoms with Crippen molar-refractivity contribution in [2.24, 2.45) is 0 Å². The average Bonchev–Trinajstić information content (AvgIpc) is 2.34. The molecule has 2 aromatic rings. The molecule has 0 aliphatic rings. The lowest BCUT2D eigenvalue weighted by molar-refractivity contribution is 0.192. The van der Waals surface area contributed by atoms with Crippen LogP contribution in [0.3, 0.4) is 0 Å². The maximum absolute atomic E-state index is 14.1. The molecule has 2 N–H and O–H groups in total. The van der Waals surface area contributed by atoms with E-state index in [9.17, 15) is 8.78 Å². The van der Waals surface area contributed by atoms with Crippen LogP contribution in [0.15, 0.2) is 18.2 Å². The second-order valence-corrected chi connectivity index (χ2v) is 5.77. The molecule has 0 saturated heterocycles. The first-order valence-corrected chi connectivity index (χ1v) is 6.28. The number of nitrogen functional groups attached to an aromatic ring is 1. The van der Waals surface area contributed by atoms with Gasteiger partial charge in [0.05, 0.1) is 0 Å². The third-order valence-corrected chi connectivity index (χ3v) is 3.23. The minimum absolute atomic E-state index is 0.270. The van der Waals surface area contributed by atoms with Crippen LogP contribution in [0, 0.1) is 17.1 Å². The molecule has 0 heterocycles. The van der Waals surface area contributed by atoms with E-state index >= 15 is 0 Å². The van der Waals surface area contributed by atoms with E-state index in [0.717, 1.165) is 6.07 Å². The molecule has 0 amide bonds. The predicted molar refractivity (Wildman–Crippen MR) is 78.3 cm³/mol. The van der Waals surface area contributed by atoms with E-state index in [1.807, 2.05) is 20.8 Å². The van der Waals surface area contributed by atoms with Crippen molar-refractivity contribution in [2.75, 3.05) is 12.5 Å². The van der Waals surface area contributed by atoms with Crippen molar-refractivity contribution in [3.8, 4) is 11.8 Å². The maximum Gasteiger partial charge on any atom is 0.228 e. The Bertz CT molecular complexity index is 818. The molecule has 0 fully saturated rings. The number of hydrogen-bond donors (Lipinski definition) is 1. The number of hydrogen-bond acceptors (Lipinski definition) is 3. The van der Waals surface area contributed by atoms with Crippen molar-refractivity contribution in [1.29, 1.82) is 5.26 Å². The summed E-state index contributed by atoms with van der Waals surface area (Å²) < 4.78 is 46.2. The van der Waals surface area contributed by atoms with E-state index in [-0.39, 0.29) is 5.39 Å². The fraction of sp³-hybridized carbons (Fsp3) is 0.312. The van der Waals surface area contributed by atoms with Gasteiger partial charge < -0.3 is 10.5 Å². The summed E-state index contributed by atoms with van der Waals surface area (Å²) in [6.07, 6.45) is 0. The van der Waals surface area contributed by atoms with Gasteiger partial charge in [0.15, 0.2) is 5.75 Å². The SMILES string of the molecule is [2H]C([2H])(F)Oc1c(C#N)c(F)cc2cc(N)cc(C(C)(C)C)c12. The Labute approximate surface area is 124 Å². The highest BCUT2D eigenvalue weighted by atomic mass is 19.1. The molecule has 21 heavy (non-hydrogen) atoms. The van der Waals surface area contributed by atoms with Crippen molar-refractivity contribution in [3.05, 3.63) is 35.1 Å². The minimum Gasteiger partial charge on any atom is -0.461 e. The monoisotopic (exact) mass is 292 g/mol. The molecule has 0 bridgehead atoms. The second kappa shape index (κ2) is 5.21. The number of alkyl halides is 1. The molecule has 0 aliphatic carbocycles. The fourth-order valence-electron chi connectivity index (χ4n) is 2.33. The van der Waals surface area contributed by atoms with Crippen molar-refractivity contribution in [1.82, 2.24) is 0 Å². The first kappa shape index (κ1) is 12.4. The fourth-order valence-corrected chi connectivity index (χ4v) is 2.33. The lowest BCUT2D eigenvalue weighted by Gasteiger charge is -2.24. The van der Waals surface area contributed by atoms with E-state index in [2.05, 4.69) is 4.74 Å². The number of anilines is 1. The van der Waals surface area contributed by atoms with Crippen molar-refractivity contribution in [2.45, 2.75) is 26.2 Å². The van der Waals surface area contributed by atoms with Gasteiger partial charge in [-0.05, 0) is 34.6 Å². The average molecular weight is 292 g/mol. The summed E-state index contributed by atoms with van der Waals surface area (Å²) in [6.45, 7) is 2.04. The number of nitriles is 1. The summed E-state index contributed by atoms with van der Waals surface area (Å²) in [5.41, 5.74) is 5.80. The van der Waals surface area contributed by atoms with Crippen LogP contribution in [-0.2, 0) is 5.41 Å². The van der Waals surface area contributed by atoms with Crippen LogP contribution in [0.25, 0.3) is 10.8 Å². The number of benzene rings is 2. The molecule has 0 atom stereocenters. The van der Waals surface area contributed by atoms with Gasteiger partial charge in [-0.2, -0.15) is 5.26 Å². The van der Waals surface area contributed by atoms with Crippen LogP contribution in [-0.4, -0.2) is 6.81 Å². The first-order valence-electron chi connectivity index (χ1n) is 7.28. The van der Waals surface area contributed by atoms with Crippen molar-refractivity contribution >= 4 is 16.5 Å². The van der Waals surface area contributed by atoms with Gasteiger partial charge >= 0.3 is 0 Å². The molecular weight excluding hydrogens is 274 g/mol. The van der Waals surface area contributed by atoms with Crippen molar-refractivity contribution in [3.63, 3.8) is 0 Å². The largest absolute Gasteiger partial charge is 0.461 e. The Kier molecular flexibility index (Phi) is 3.07. The summed E-state index contributed by atoms with van der Waals surface area (Å²) in [6, 6.07) is 5.81. The van der Waals surface area contributed by atoms with Gasteiger partial charge in [-0.3, -0.25) is 0 Å². The zero-order valence-electron chi connectivity index (χ0n) is 13.9. The number of halogens is 2. The van der Waals surface area contributed by atoms with Gasteiger partial charge in [-0.1, -0.05) is 20.8 Å². The minimum atomic E-state index is -3.55. The standard InChI is InChI=1S/C16H16F2N2O/c1-16(2,3)12-6-10(20)4-9-5-13(18)11(7-19)15(14(9)12)21-8-17/h4-6H,8,20H2,1-3H3/i8D2. The van der Waals surface area contributed by atoms with Gasteiger partial charge in [0.25, 0.3) is 0 Å². The van der Waals surface area contributed by atoms with E-state index in [0.29, 0.717) is 16.6 Å². The van der Waals surface area contributed by atoms with Gasteiger partial charge in [0.2, 0.25) is 6.81 Å². The molecule has 0 radical (unpaired) electrons. The third kappa shape index (κ3) is 2.62. The molecular formula is C16H16F2N2O. The second-order valence-electron chi connectivity index (χ2n) is 5.77. The number of ether oxygens (including phenoxy) is 1. The van der Waals surface area contributed by atoms with Gasteiger partial charge in [0.1, 0.15) is 20.2 Å². The lowest BCUT2D eigenvalue weighted by atomic mass is 9.82. The van der Waals surface area contributed by atoms with E-state index in [1.54, 1.807) is 12.1 Å². The molecule has 3 nitrogen and oxygen atoms in total. The van der Waals surface area contributed by atoms with Gasteiger partial charge in [0, 0.05) is 11.1 Å². The Morgan fingerprint density at radius 2 is 2.05 bits per heavy atom. The highest BCUT2D eigenvalue weighted by Gasteiger charge is 2.24. The van der Waals surface area contributed by atoms with Gasteiger partial charge in [-0.15, -0.1) is 0 Å². The molecule has 0 aliphatic heterocycles. The summed E-state index contributed by atoms with van der Waals surface area (Å²) >= 11 is 0. The van der Waals surface area contributed by atoms with Crippen LogP contribution < -0.4 is 10.5 Å². The molecule has 110 valence electrons. The highest BCUT2D eigenvalue weighted by Crippen LogP contribution is 2.40. The summed E-state index contributed by atoms with van der Waals surface area (Å²) in [7, 11) is 0. The summed E-state index contributed by atoms with van der Waals surface area (Å²) in [4.78, 5) is 0. The number of fused-ring (bicyclic) bond motifs is 1. The number of nitrogens with two attached hydrogens (primary N) is 1.